The average molecular weight is 318 g/mol. The summed E-state index contributed by atoms with van der Waals surface area (Å²) in [4.78, 5) is 4.28. The van der Waals surface area contributed by atoms with Gasteiger partial charge in [0.2, 0.25) is 0 Å². The Labute approximate surface area is 124 Å². The molecule has 1 aromatic heterocycles. The fourth-order valence-corrected chi connectivity index (χ4v) is 4.49. The van der Waals surface area contributed by atoms with Crippen molar-refractivity contribution in [2.24, 2.45) is 0 Å². The standard InChI is InChI=1S/C14H17F3N2OS/c15-14(16,17)12-11(6-18-7-1-2-7)21-13(19-12)9-5-8-3-4-10(9)20-8/h7-10,18H,1-6H2. The number of aromatic nitrogens is 1. The molecule has 3 heterocycles. The second kappa shape index (κ2) is 4.93. The van der Waals surface area contributed by atoms with E-state index in [-0.39, 0.29) is 24.7 Å². The van der Waals surface area contributed by atoms with Gasteiger partial charge >= 0.3 is 6.18 Å². The van der Waals surface area contributed by atoms with Gasteiger partial charge in [0.05, 0.1) is 22.1 Å². The molecule has 1 aliphatic carbocycles. The summed E-state index contributed by atoms with van der Waals surface area (Å²) >= 11 is 1.22. The maximum absolute atomic E-state index is 13.2. The molecule has 3 nitrogen and oxygen atoms in total. The zero-order valence-electron chi connectivity index (χ0n) is 11.4. The third-order valence-corrected chi connectivity index (χ3v) is 5.72. The maximum atomic E-state index is 13.2. The largest absolute Gasteiger partial charge is 0.434 e. The van der Waals surface area contributed by atoms with Gasteiger partial charge in [0.1, 0.15) is 0 Å². The predicted molar refractivity (Wildman–Crippen MR) is 72.2 cm³/mol. The van der Waals surface area contributed by atoms with Crippen molar-refractivity contribution in [3.05, 3.63) is 15.6 Å². The molecule has 0 spiro atoms. The number of hydrogen-bond donors (Lipinski definition) is 1. The van der Waals surface area contributed by atoms with E-state index in [1.165, 1.54) is 11.3 Å². The average Bonchev–Trinajstić information content (AvgIpc) is 2.88. The Kier molecular flexibility index (Phi) is 3.28. The second-order valence-electron chi connectivity index (χ2n) is 6.19. The molecule has 3 unspecified atom stereocenters. The summed E-state index contributed by atoms with van der Waals surface area (Å²) in [6, 6.07) is 0.391. The van der Waals surface area contributed by atoms with Gasteiger partial charge in [0.15, 0.2) is 5.69 Å². The van der Waals surface area contributed by atoms with Crippen molar-refractivity contribution >= 4 is 11.3 Å². The predicted octanol–water partition coefficient (Wildman–Crippen LogP) is 3.45. The molecule has 0 amide bonds. The van der Waals surface area contributed by atoms with Gasteiger partial charge in [-0.05, 0) is 32.1 Å². The van der Waals surface area contributed by atoms with Crippen molar-refractivity contribution in [3.63, 3.8) is 0 Å². The number of nitrogens with one attached hydrogen (secondary N) is 1. The van der Waals surface area contributed by atoms with E-state index in [0.717, 1.165) is 32.1 Å². The minimum atomic E-state index is -4.37. The van der Waals surface area contributed by atoms with E-state index in [1.807, 2.05) is 0 Å². The Hall–Kier alpha value is -0.660. The van der Waals surface area contributed by atoms with Crippen LogP contribution in [0.15, 0.2) is 0 Å². The van der Waals surface area contributed by atoms with E-state index < -0.39 is 11.9 Å². The van der Waals surface area contributed by atoms with E-state index in [9.17, 15) is 13.2 Å². The summed E-state index contributed by atoms with van der Waals surface area (Å²) in [5.41, 5.74) is -0.696. The summed E-state index contributed by atoms with van der Waals surface area (Å²) in [5, 5.41) is 3.78. The fraction of sp³-hybridized carbons (Fsp3) is 0.786. The molecular weight excluding hydrogens is 301 g/mol. The number of fused-ring (bicyclic) bond motifs is 2. The second-order valence-corrected chi connectivity index (χ2v) is 7.31. The highest BCUT2D eigenvalue weighted by Crippen LogP contribution is 2.47. The molecule has 3 fully saturated rings. The zero-order chi connectivity index (χ0) is 14.6. The van der Waals surface area contributed by atoms with Crippen LogP contribution in [0.5, 0.6) is 0 Å². The summed E-state index contributed by atoms with van der Waals surface area (Å²) in [5.74, 6) is 0.0597. The van der Waals surface area contributed by atoms with Crippen LogP contribution in [0.3, 0.4) is 0 Å². The van der Waals surface area contributed by atoms with E-state index in [2.05, 4.69) is 10.3 Å². The highest BCUT2D eigenvalue weighted by atomic mass is 32.1. The van der Waals surface area contributed by atoms with Crippen molar-refractivity contribution in [3.8, 4) is 0 Å². The molecule has 2 aliphatic heterocycles. The molecule has 0 radical (unpaired) electrons. The quantitative estimate of drug-likeness (QED) is 0.923. The number of alkyl halides is 3. The van der Waals surface area contributed by atoms with Crippen LogP contribution >= 0.6 is 11.3 Å². The van der Waals surface area contributed by atoms with Crippen LogP contribution in [0.25, 0.3) is 0 Å². The van der Waals surface area contributed by atoms with E-state index in [4.69, 9.17) is 4.74 Å². The van der Waals surface area contributed by atoms with Gasteiger partial charge in [-0.25, -0.2) is 4.98 Å². The molecule has 7 heteroatoms. The Morgan fingerprint density at radius 2 is 2.05 bits per heavy atom. The van der Waals surface area contributed by atoms with E-state index in [1.54, 1.807) is 0 Å². The van der Waals surface area contributed by atoms with Gasteiger partial charge in [-0.3, -0.25) is 0 Å². The maximum Gasteiger partial charge on any atom is 0.434 e. The lowest BCUT2D eigenvalue weighted by molar-refractivity contribution is -0.141. The molecule has 1 N–H and O–H groups in total. The van der Waals surface area contributed by atoms with Crippen LogP contribution in [0.4, 0.5) is 13.2 Å². The van der Waals surface area contributed by atoms with Crippen molar-refractivity contribution in [2.75, 3.05) is 0 Å². The molecular formula is C14H17F3N2OS. The Bertz CT molecular complexity index is 541. The smallest absolute Gasteiger partial charge is 0.374 e. The van der Waals surface area contributed by atoms with Gasteiger partial charge in [0.25, 0.3) is 0 Å². The van der Waals surface area contributed by atoms with Crippen molar-refractivity contribution in [1.29, 1.82) is 0 Å². The molecule has 2 bridgehead atoms. The molecule has 2 saturated heterocycles. The first kappa shape index (κ1) is 14.0. The van der Waals surface area contributed by atoms with Gasteiger partial charge in [0, 0.05) is 18.5 Å². The Morgan fingerprint density at radius 3 is 2.62 bits per heavy atom. The van der Waals surface area contributed by atoms with Gasteiger partial charge in [-0.15, -0.1) is 11.3 Å². The SMILES string of the molecule is FC(F)(F)c1nc(C2CC3CCC2O3)sc1CNC1CC1. The van der Waals surface area contributed by atoms with Crippen LogP contribution in [0, 0.1) is 0 Å². The summed E-state index contributed by atoms with van der Waals surface area (Å²) in [7, 11) is 0. The monoisotopic (exact) mass is 318 g/mol. The van der Waals surface area contributed by atoms with Crippen LogP contribution in [0.2, 0.25) is 0 Å². The number of ether oxygens (including phenoxy) is 1. The third kappa shape index (κ3) is 2.71. The van der Waals surface area contributed by atoms with Crippen molar-refractivity contribution in [2.45, 2.75) is 69.0 Å². The number of rotatable bonds is 4. The van der Waals surface area contributed by atoms with Crippen molar-refractivity contribution in [1.82, 2.24) is 10.3 Å². The van der Waals surface area contributed by atoms with Gasteiger partial charge in [-0.2, -0.15) is 13.2 Å². The van der Waals surface area contributed by atoms with Gasteiger partial charge in [-0.1, -0.05) is 0 Å². The Morgan fingerprint density at radius 1 is 1.24 bits per heavy atom. The minimum Gasteiger partial charge on any atom is -0.374 e. The lowest BCUT2D eigenvalue weighted by atomic mass is 9.90. The number of halogens is 3. The molecule has 4 rings (SSSR count). The molecule has 1 saturated carbocycles. The summed E-state index contributed by atoms with van der Waals surface area (Å²) in [6.07, 6.45) is 0.873. The highest BCUT2D eigenvalue weighted by Gasteiger charge is 2.45. The van der Waals surface area contributed by atoms with Gasteiger partial charge < -0.3 is 10.1 Å². The summed E-state index contributed by atoms with van der Waals surface area (Å²) < 4.78 is 45.2. The topological polar surface area (TPSA) is 34.1 Å². The van der Waals surface area contributed by atoms with E-state index >= 15 is 0 Å². The van der Waals surface area contributed by atoms with Crippen LogP contribution in [-0.2, 0) is 17.5 Å². The lowest BCUT2D eigenvalue weighted by Crippen LogP contribution is -2.18. The molecule has 1 aromatic rings. The zero-order valence-corrected chi connectivity index (χ0v) is 12.3. The van der Waals surface area contributed by atoms with Crippen LogP contribution < -0.4 is 5.32 Å². The van der Waals surface area contributed by atoms with Crippen molar-refractivity contribution < 1.29 is 17.9 Å². The third-order valence-electron chi connectivity index (χ3n) is 4.53. The van der Waals surface area contributed by atoms with E-state index in [0.29, 0.717) is 15.9 Å². The summed E-state index contributed by atoms with van der Waals surface area (Å²) in [6.45, 7) is 0.277. The molecule has 3 atom stereocenters. The molecule has 116 valence electrons. The Balaban J connectivity index is 1.59. The molecule has 21 heavy (non-hydrogen) atoms. The normalized spacial score (nSPS) is 32.0. The number of nitrogens with zero attached hydrogens (tertiary/aromatic N) is 1. The number of thiazole rings is 1. The highest BCUT2D eigenvalue weighted by molar-refractivity contribution is 7.11. The lowest BCUT2D eigenvalue weighted by Gasteiger charge is -2.15. The van der Waals surface area contributed by atoms with Crippen LogP contribution in [-0.4, -0.2) is 23.2 Å². The fourth-order valence-electron chi connectivity index (χ4n) is 3.29. The number of hydrogen-bond acceptors (Lipinski definition) is 4. The molecule has 0 aromatic carbocycles. The van der Waals surface area contributed by atoms with Crippen LogP contribution in [0.1, 0.15) is 53.6 Å². The minimum absolute atomic E-state index is 0.0597. The first-order valence-electron chi connectivity index (χ1n) is 7.46. The molecule has 3 aliphatic rings. The first-order chi connectivity index (χ1) is 10.0. The first-order valence-corrected chi connectivity index (χ1v) is 8.28.